The first-order chi connectivity index (χ1) is 10.5. The third-order valence-corrected chi connectivity index (χ3v) is 4.75. The summed E-state index contributed by atoms with van der Waals surface area (Å²) in [5.41, 5.74) is 3.47. The fourth-order valence-electron chi connectivity index (χ4n) is 2.33. The number of hydrogen-bond donors (Lipinski definition) is 1. The lowest BCUT2D eigenvalue weighted by Crippen LogP contribution is -2.33. The highest BCUT2D eigenvalue weighted by molar-refractivity contribution is 9.10. The van der Waals surface area contributed by atoms with Crippen LogP contribution in [0.25, 0.3) is 5.69 Å². The molecule has 0 saturated carbocycles. The molecule has 2 rings (SSSR count). The highest BCUT2D eigenvalue weighted by Crippen LogP contribution is 2.23. The Hall–Kier alpha value is -1.66. The molecule has 0 fully saturated rings. The Labute approximate surface area is 138 Å². The van der Waals surface area contributed by atoms with Gasteiger partial charge in [-0.25, -0.2) is 4.68 Å². The average molecular weight is 366 g/mol. The summed E-state index contributed by atoms with van der Waals surface area (Å²) < 4.78 is 2.84. The number of aliphatic hydroxyl groups excluding tert-OH is 1. The summed E-state index contributed by atoms with van der Waals surface area (Å²) in [6.07, 6.45) is 0. The SMILES string of the molecule is CCN(CCO)C(=O)c1ccc(-n2nc(C)c(Br)c2C)cc1. The molecule has 2 aromatic rings. The molecule has 1 amide bonds. The molecule has 0 atom stereocenters. The van der Waals surface area contributed by atoms with Crippen LogP contribution in [0.2, 0.25) is 0 Å². The zero-order valence-electron chi connectivity index (χ0n) is 13.0. The third kappa shape index (κ3) is 3.23. The van der Waals surface area contributed by atoms with E-state index in [2.05, 4.69) is 21.0 Å². The molecular formula is C16H20BrN3O2. The summed E-state index contributed by atoms with van der Waals surface area (Å²) >= 11 is 3.51. The largest absolute Gasteiger partial charge is 0.395 e. The van der Waals surface area contributed by atoms with E-state index in [1.54, 1.807) is 17.0 Å². The predicted octanol–water partition coefficient (Wildman–Crippen LogP) is 2.71. The number of aromatic nitrogens is 2. The van der Waals surface area contributed by atoms with Gasteiger partial charge in [-0.3, -0.25) is 4.79 Å². The average Bonchev–Trinajstić information content (AvgIpc) is 2.79. The van der Waals surface area contributed by atoms with Gasteiger partial charge in [0.05, 0.1) is 28.2 Å². The first kappa shape index (κ1) is 16.7. The van der Waals surface area contributed by atoms with Crippen molar-refractivity contribution in [2.24, 2.45) is 0 Å². The van der Waals surface area contributed by atoms with Crippen LogP contribution in [-0.2, 0) is 0 Å². The summed E-state index contributed by atoms with van der Waals surface area (Å²) in [6, 6.07) is 7.35. The second-order valence-electron chi connectivity index (χ2n) is 5.05. The molecule has 0 spiro atoms. The standard InChI is InChI=1S/C16H20BrN3O2/c1-4-19(9-10-21)16(22)13-5-7-14(8-6-13)20-12(3)15(17)11(2)18-20/h5-8,21H,4,9-10H2,1-3H3. The van der Waals surface area contributed by atoms with Crippen molar-refractivity contribution < 1.29 is 9.90 Å². The number of aliphatic hydroxyl groups is 1. The summed E-state index contributed by atoms with van der Waals surface area (Å²) in [6.45, 7) is 6.72. The number of carbonyl (C=O) groups is 1. The lowest BCUT2D eigenvalue weighted by Gasteiger charge is -2.19. The Bertz CT molecular complexity index is 665. The van der Waals surface area contributed by atoms with Crippen molar-refractivity contribution in [3.05, 3.63) is 45.7 Å². The van der Waals surface area contributed by atoms with Gasteiger partial charge >= 0.3 is 0 Å². The second-order valence-corrected chi connectivity index (χ2v) is 5.84. The van der Waals surface area contributed by atoms with Crippen molar-refractivity contribution in [2.75, 3.05) is 19.7 Å². The lowest BCUT2D eigenvalue weighted by molar-refractivity contribution is 0.0732. The van der Waals surface area contributed by atoms with Crippen molar-refractivity contribution in [3.63, 3.8) is 0 Å². The second kappa shape index (κ2) is 7.07. The number of benzene rings is 1. The van der Waals surface area contributed by atoms with E-state index in [0.717, 1.165) is 21.5 Å². The van der Waals surface area contributed by atoms with Crippen LogP contribution in [0, 0.1) is 13.8 Å². The maximum Gasteiger partial charge on any atom is 0.253 e. The van der Waals surface area contributed by atoms with E-state index in [-0.39, 0.29) is 12.5 Å². The maximum absolute atomic E-state index is 12.3. The number of halogens is 1. The van der Waals surface area contributed by atoms with Gasteiger partial charge in [-0.1, -0.05) is 0 Å². The van der Waals surface area contributed by atoms with Crippen molar-refractivity contribution >= 4 is 21.8 Å². The number of nitrogens with zero attached hydrogens (tertiary/aromatic N) is 3. The molecule has 5 nitrogen and oxygen atoms in total. The van der Waals surface area contributed by atoms with Gasteiger partial charge in [0.2, 0.25) is 0 Å². The molecule has 0 saturated heterocycles. The van der Waals surface area contributed by atoms with Crippen molar-refractivity contribution in [3.8, 4) is 5.69 Å². The number of carbonyl (C=O) groups excluding carboxylic acids is 1. The Morgan fingerprint density at radius 3 is 2.41 bits per heavy atom. The molecule has 1 N–H and O–H groups in total. The van der Waals surface area contributed by atoms with Crippen LogP contribution in [0.15, 0.2) is 28.7 Å². The van der Waals surface area contributed by atoms with Crippen LogP contribution in [0.5, 0.6) is 0 Å². The topological polar surface area (TPSA) is 58.4 Å². The Morgan fingerprint density at radius 2 is 1.95 bits per heavy atom. The quantitative estimate of drug-likeness (QED) is 0.885. The predicted molar refractivity (Wildman–Crippen MR) is 89.4 cm³/mol. The van der Waals surface area contributed by atoms with E-state index in [1.807, 2.05) is 37.6 Å². The number of hydrogen-bond acceptors (Lipinski definition) is 3. The van der Waals surface area contributed by atoms with Gasteiger partial charge in [-0.2, -0.15) is 5.10 Å². The van der Waals surface area contributed by atoms with E-state index in [9.17, 15) is 4.79 Å². The minimum Gasteiger partial charge on any atom is -0.395 e. The molecule has 6 heteroatoms. The zero-order chi connectivity index (χ0) is 16.3. The van der Waals surface area contributed by atoms with Crippen molar-refractivity contribution in [1.82, 2.24) is 14.7 Å². The molecule has 1 heterocycles. The van der Waals surface area contributed by atoms with Crippen molar-refractivity contribution in [2.45, 2.75) is 20.8 Å². The van der Waals surface area contributed by atoms with E-state index >= 15 is 0 Å². The molecule has 1 aromatic carbocycles. The third-order valence-electron chi connectivity index (χ3n) is 3.60. The van der Waals surface area contributed by atoms with Crippen LogP contribution in [0.1, 0.15) is 28.7 Å². The fourth-order valence-corrected chi connectivity index (χ4v) is 2.57. The van der Waals surface area contributed by atoms with Gasteiger partial charge in [0.1, 0.15) is 0 Å². The molecule has 0 unspecified atom stereocenters. The molecule has 0 aliphatic rings. The molecule has 0 radical (unpaired) electrons. The molecule has 118 valence electrons. The highest BCUT2D eigenvalue weighted by Gasteiger charge is 2.14. The van der Waals surface area contributed by atoms with Crippen LogP contribution < -0.4 is 0 Å². The van der Waals surface area contributed by atoms with Crippen LogP contribution >= 0.6 is 15.9 Å². The maximum atomic E-state index is 12.3. The number of aryl methyl sites for hydroxylation is 1. The Balaban J connectivity index is 2.27. The lowest BCUT2D eigenvalue weighted by atomic mass is 10.1. The molecule has 0 aliphatic carbocycles. The summed E-state index contributed by atoms with van der Waals surface area (Å²) in [7, 11) is 0. The summed E-state index contributed by atoms with van der Waals surface area (Å²) in [5, 5.41) is 13.5. The van der Waals surface area contributed by atoms with Crippen LogP contribution in [0.4, 0.5) is 0 Å². The molecule has 22 heavy (non-hydrogen) atoms. The molecular weight excluding hydrogens is 346 g/mol. The van der Waals surface area contributed by atoms with Gasteiger partial charge in [0, 0.05) is 18.7 Å². The highest BCUT2D eigenvalue weighted by atomic mass is 79.9. The summed E-state index contributed by atoms with van der Waals surface area (Å²) in [4.78, 5) is 13.9. The summed E-state index contributed by atoms with van der Waals surface area (Å²) in [5.74, 6) is -0.0716. The number of rotatable bonds is 5. The van der Waals surface area contributed by atoms with E-state index in [0.29, 0.717) is 18.7 Å². The van der Waals surface area contributed by atoms with Gasteiger partial charge in [-0.15, -0.1) is 0 Å². The van der Waals surface area contributed by atoms with E-state index in [4.69, 9.17) is 5.11 Å². The van der Waals surface area contributed by atoms with E-state index < -0.39 is 0 Å². The fraction of sp³-hybridized carbons (Fsp3) is 0.375. The van der Waals surface area contributed by atoms with Gasteiger partial charge in [0.15, 0.2) is 0 Å². The normalized spacial score (nSPS) is 10.8. The first-order valence-electron chi connectivity index (χ1n) is 7.21. The van der Waals surface area contributed by atoms with Crippen molar-refractivity contribution in [1.29, 1.82) is 0 Å². The van der Waals surface area contributed by atoms with Crippen LogP contribution in [0.3, 0.4) is 0 Å². The monoisotopic (exact) mass is 365 g/mol. The number of likely N-dealkylation sites (N-methyl/N-ethyl adjacent to an activating group) is 1. The Kier molecular flexibility index (Phi) is 5.37. The number of amides is 1. The first-order valence-corrected chi connectivity index (χ1v) is 8.01. The van der Waals surface area contributed by atoms with Gasteiger partial charge in [0.25, 0.3) is 5.91 Å². The molecule has 1 aromatic heterocycles. The van der Waals surface area contributed by atoms with E-state index in [1.165, 1.54) is 0 Å². The molecule has 0 aliphatic heterocycles. The smallest absolute Gasteiger partial charge is 0.253 e. The molecule has 0 bridgehead atoms. The van der Waals surface area contributed by atoms with Gasteiger partial charge in [-0.05, 0) is 61.0 Å². The minimum absolute atomic E-state index is 0.0303. The zero-order valence-corrected chi connectivity index (χ0v) is 14.6. The minimum atomic E-state index is -0.0716. The van der Waals surface area contributed by atoms with Crippen LogP contribution in [-0.4, -0.2) is 45.4 Å². The van der Waals surface area contributed by atoms with Gasteiger partial charge < -0.3 is 10.0 Å². The Morgan fingerprint density at radius 1 is 1.32 bits per heavy atom.